The molecule has 1 N–H and O–H groups in total. The smallest absolute Gasteiger partial charge is 0.326 e. The zero-order valence-electron chi connectivity index (χ0n) is 10.9. The number of imide groups is 1. The third-order valence-electron chi connectivity index (χ3n) is 2.73. The summed E-state index contributed by atoms with van der Waals surface area (Å²) in [5.74, 6) is -0.876. The number of unbranched alkanes of at least 4 members (excludes halogenated alkanes) is 1. The molecule has 18 heavy (non-hydrogen) atoms. The van der Waals surface area contributed by atoms with E-state index in [9.17, 15) is 14.4 Å². The Labute approximate surface area is 107 Å². The molecule has 0 spiro atoms. The summed E-state index contributed by atoms with van der Waals surface area (Å²) in [6.07, 6.45) is 3.09. The van der Waals surface area contributed by atoms with Crippen molar-refractivity contribution in [2.45, 2.75) is 45.6 Å². The maximum atomic E-state index is 11.8. The van der Waals surface area contributed by atoms with Crippen LogP contribution in [0.5, 0.6) is 0 Å². The molecule has 102 valence electrons. The molecule has 1 fully saturated rings. The van der Waals surface area contributed by atoms with E-state index < -0.39 is 18.0 Å². The van der Waals surface area contributed by atoms with Crippen molar-refractivity contribution in [3.8, 4) is 0 Å². The van der Waals surface area contributed by atoms with E-state index >= 15 is 0 Å². The first-order valence-electron chi connectivity index (χ1n) is 6.37. The van der Waals surface area contributed by atoms with Crippen molar-refractivity contribution in [3.05, 3.63) is 0 Å². The summed E-state index contributed by atoms with van der Waals surface area (Å²) in [6, 6.07) is -1.00. The molecule has 0 aromatic rings. The van der Waals surface area contributed by atoms with Gasteiger partial charge in [-0.05, 0) is 12.8 Å². The molecular weight excluding hydrogens is 236 g/mol. The summed E-state index contributed by atoms with van der Waals surface area (Å²) >= 11 is 0. The molecule has 1 heterocycles. The van der Waals surface area contributed by atoms with E-state index in [1.54, 1.807) is 0 Å². The normalized spacial score (nSPS) is 19.0. The van der Waals surface area contributed by atoms with Crippen molar-refractivity contribution in [2.75, 3.05) is 13.2 Å². The first-order chi connectivity index (χ1) is 8.60. The van der Waals surface area contributed by atoms with Gasteiger partial charge in [0.2, 0.25) is 0 Å². The van der Waals surface area contributed by atoms with Gasteiger partial charge in [-0.1, -0.05) is 26.7 Å². The summed E-state index contributed by atoms with van der Waals surface area (Å²) in [5, 5.41) is 2.56. The fourth-order valence-electron chi connectivity index (χ4n) is 1.72. The van der Waals surface area contributed by atoms with Crippen LogP contribution in [-0.2, 0) is 14.3 Å². The van der Waals surface area contributed by atoms with E-state index in [1.165, 1.54) is 0 Å². The zero-order chi connectivity index (χ0) is 13.5. The first-order valence-corrected chi connectivity index (χ1v) is 6.37. The summed E-state index contributed by atoms with van der Waals surface area (Å²) in [6.45, 7) is 3.95. The molecule has 0 bridgehead atoms. The second-order valence-electron chi connectivity index (χ2n) is 4.29. The van der Waals surface area contributed by atoms with Gasteiger partial charge in [-0.3, -0.25) is 14.5 Å². The van der Waals surface area contributed by atoms with E-state index in [1.807, 2.05) is 13.8 Å². The highest BCUT2D eigenvalue weighted by Gasteiger charge is 2.38. The van der Waals surface area contributed by atoms with Crippen LogP contribution in [0, 0.1) is 0 Å². The van der Waals surface area contributed by atoms with Gasteiger partial charge < -0.3 is 10.1 Å². The Morgan fingerprint density at radius 1 is 1.33 bits per heavy atom. The average molecular weight is 256 g/mol. The molecule has 1 atom stereocenters. The second kappa shape index (κ2) is 6.98. The Kier molecular flexibility index (Phi) is 5.61. The number of nitrogens with zero attached hydrogens (tertiary/aromatic N) is 1. The van der Waals surface area contributed by atoms with E-state index in [-0.39, 0.29) is 12.5 Å². The Balaban J connectivity index is 2.44. The standard InChI is InChI=1S/C12H20N2O4/c1-3-5-7-18-10(15)8-14-11(16)9(6-4-2)13-12(14)17/h9H,3-8H2,1-2H3,(H,13,17). The monoisotopic (exact) mass is 256 g/mol. The lowest BCUT2D eigenvalue weighted by Gasteiger charge is -2.12. The average Bonchev–Trinajstić information content (AvgIpc) is 2.58. The fourth-order valence-corrected chi connectivity index (χ4v) is 1.72. The van der Waals surface area contributed by atoms with Crippen LogP contribution < -0.4 is 5.32 Å². The van der Waals surface area contributed by atoms with Gasteiger partial charge in [0.1, 0.15) is 12.6 Å². The predicted molar refractivity (Wildman–Crippen MR) is 64.8 cm³/mol. The summed E-state index contributed by atoms with van der Waals surface area (Å²) in [7, 11) is 0. The minimum absolute atomic E-state index is 0.297. The molecule has 1 aliphatic heterocycles. The van der Waals surface area contributed by atoms with Crippen molar-refractivity contribution >= 4 is 17.9 Å². The van der Waals surface area contributed by atoms with Gasteiger partial charge >= 0.3 is 12.0 Å². The SMILES string of the molecule is CCCCOC(=O)CN1C(=O)NC(CCC)C1=O. The van der Waals surface area contributed by atoms with Crippen molar-refractivity contribution in [3.63, 3.8) is 0 Å². The number of rotatable bonds is 7. The summed E-state index contributed by atoms with van der Waals surface area (Å²) in [5.41, 5.74) is 0. The predicted octanol–water partition coefficient (Wildman–Crippen LogP) is 1.05. The number of urea groups is 1. The van der Waals surface area contributed by atoms with Crippen molar-refractivity contribution < 1.29 is 19.1 Å². The summed E-state index contributed by atoms with van der Waals surface area (Å²) < 4.78 is 4.92. The van der Waals surface area contributed by atoms with Gasteiger partial charge in [-0.15, -0.1) is 0 Å². The van der Waals surface area contributed by atoms with Gasteiger partial charge in [0.05, 0.1) is 6.61 Å². The number of nitrogens with one attached hydrogen (secondary N) is 1. The van der Waals surface area contributed by atoms with Crippen LogP contribution in [0.2, 0.25) is 0 Å². The maximum absolute atomic E-state index is 11.8. The molecule has 0 aromatic carbocycles. The van der Waals surface area contributed by atoms with E-state index in [4.69, 9.17) is 4.74 Å². The minimum atomic E-state index is -0.538. The number of esters is 1. The van der Waals surface area contributed by atoms with Crippen molar-refractivity contribution in [1.82, 2.24) is 10.2 Å². The highest BCUT2D eigenvalue weighted by Crippen LogP contribution is 2.10. The lowest BCUT2D eigenvalue weighted by molar-refractivity contribution is -0.147. The van der Waals surface area contributed by atoms with Crippen LogP contribution in [0.4, 0.5) is 4.79 Å². The molecule has 3 amide bonds. The molecule has 0 aromatic heterocycles. The fraction of sp³-hybridized carbons (Fsp3) is 0.750. The maximum Gasteiger partial charge on any atom is 0.326 e. The van der Waals surface area contributed by atoms with Gasteiger partial charge in [0, 0.05) is 0 Å². The number of amides is 3. The summed E-state index contributed by atoms with van der Waals surface area (Å²) in [4.78, 5) is 35.7. The Hall–Kier alpha value is -1.59. The zero-order valence-corrected chi connectivity index (χ0v) is 10.9. The highest BCUT2D eigenvalue weighted by atomic mass is 16.5. The largest absolute Gasteiger partial charge is 0.464 e. The van der Waals surface area contributed by atoms with Gasteiger partial charge in [0.25, 0.3) is 5.91 Å². The molecule has 1 unspecified atom stereocenters. The van der Waals surface area contributed by atoms with Crippen molar-refractivity contribution in [1.29, 1.82) is 0 Å². The van der Waals surface area contributed by atoms with Gasteiger partial charge in [-0.2, -0.15) is 0 Å². The van der Waals surface area contributed by atoms with Crippen LogP contribution in [0.15, 0.2) is 0 Å². The Morgan fingerprint density at radius 2 is 2.06 bits per heavy atom. The Bertz CT molecular complexity index is 330. The molecule has 0 aliphatic carbocycles. The Morgan fingerprint density at radius 3 is 2.67 bits per heavy atom. The van der Waals surface area contributed by atoms with Crippen LogP contribution >= 0.6 is 0 Å². The van der Waals surface area contributed by atoms with Crippen LogP contribution in [0.25, 0.3) is 0 Å². The molecule has 0 radical (unpaired) electrons. The van der Waals surface area contributed by atoms with Crippen LogP contribution in [-0.4, -0.2) is 42.0 Å². The van der Waals surface area contributed by atoms with Gasteiger partial charge in [0.15, 0.2) is 0 Å². The van der Waals surface area contributed by atoms with E-state index in [0.29, 0.717) is 13.0 Å². The second-order valence-corrected chi connectivity index (χ2v) is 4.29. The number of ether oxygens (including phenoxy) is 1. The molecule has 1 saturated heterocycles. The number of hydrogen-bond donors (Lipinski definition) is 1. The lowest BCUT2D eigenvalue weighted by Crippen LogP contribution is -2.37. The molecule has 6 nitrogen and oxygen atoms in total. The lowest BCUT2D eigenvalue weighted by atomic mass is 10.2. The van der Waals surface area contributed by atoms with Crippen LogP contribution in [0.1, 0.15) is 39.5 Å². The van der Waals surface area contributed by atoms with Crippen LogP contribution in [0.3, 0.4) is 0 Å². The minimum Gasteiger partial charge on any atom is -0.464 e. The highest BCUT2D eigenvalue weighted by molar-refractivity contribution is 6.06. The third-order valence-corrected chi connectivity index (χ3v) is 2.73. The number of hydrogen-bond acceptors (Lipinski definition) is 4. The molecule has 0 saturated carbocycles. The third kappa shape index (κ3) is 3.72. The topological polar surface area (TPSA) is 75.7 Å². The molecule has 6 heteroatoms. The number of carbonyl (C=O) groups is 3. The quantitative estimate of drug-likeness (QED) is 0.419. The molecule has 1 aliphatic rings. The number of carbonyl (C=O) groups excluding carboxylic acids is 3. The van der Waals surface area contributed by atoms with E-state index in [0.717, 1.165) is 24.2 Å². The van der Waals surface area contributed by atoms with E-state index in [2.05, 4.69) is 5.32 Å². The molecule has 1 rings (SSSR count). The van der Waals surface area contributed by atoms with Crippen molar-refractivity contribution in [2.24, 2.45) is 0 Å². The first kappa shape index (κ1) is 14.5. The van der Waals surface area contributed by atoms with Gasteiger partial charge in [-0.25, -0.2) is 4.79 Å². The molecular formula is C12H20N2O4.